The van der Waals surface area contributed by atoms with E-state index in [1.165, 1.54) is 0 Å². The number of azide groups is 1. The van der Waals surface area contributed by atoms with Crippen LogP contribution in [-0.4, -0.2) is 36.3 Å². The van der Waals surface area contributed by atoms with Gasteiger partial charge in [0.15, 0.2) is 6.29 Å². The van der Waals surface area contributed by atoms with Gasteiger partial charge >= 0.3 is 0 Å². The molecule has 1 unspecified atom stereocenters. The average molecular weight is 355 g/mol. The molecule has 0 bridgehead atoms. The minimum Gasteiger partial charge on any atom is -0.370 e. The normalized spacial score (nSPS) is 25.4. The molecule has 1 N–H and O–H groups in total. The van der Waals surface area contributed by atoms with E-state index in [4.69, 9.17) is 19.7 Å². The summed E-state index contributed by atoms with van der Waals surface area (Å²) >= 11 is 0. The van der Waals surface area contributed by atoms with Gasteiger partial charge in [0.25, 0.3) is 0 Å². The maximum atomic E-state index is 10.2. The Hall–Kier alpha value is -2.41. The van der Waals surface area contributed by atoms with E-state index in [-0.39, 0.29) is 6.61 Å². The van der Waals surface area contributed by atoms with Crippen molar-refractivity contribution >= 4 is 0 Å². The molecule has 2 aromatic carbocycles. The van der Waals surface area contributed by atoms with Gasteiger partial charge in [-0.15, -0.1) is 0 Å². The van der Waals surface area contributed by atoms with Gasteiger partial charge in [0.1, 0.15) is 6.10 Å². The highest BCUT2D eigenvalue weighted by atomic mass is 16.6. The molecule has 136 valence electrons. The molecule has 0 saturated carbocycles. The Morgan fingerprint density at radius 2 is 1.50 bits per heavy atom. The van der Waals surface area contributed by atoms with Crippen LogP contribution in [0.25, 0.3) is 10.4 Å². The van der Waals surface area contributed by atoms with Crippen LogP contribution < -0.4 is 0 Å². The molecule has 0 radical (unpaired) electrons. The van der Waals surface area contributed by atoms with E-state index in [2.05, 4.69) is 10.0 Å². The lowest BCUT2D eigenvalue weighted by atomic mass is 10.0. The SMILES string of the molecule is [N-]=[N+]=N[C@H]1COC(O)[C@@H](OCc2ccccc2)[C@H]1OCc1ccccc1. The van der Waals surface area contributed by atoms with Crippen LogP contribution in [0.2, 0.25) is 0 Å². The van der Waals surface area contributed by atoms with Crippen LogP contribution in [-0.2, 0) is 27.4 Å². The molecule has 1 aliphatic heterocycles. The summed E-state index contributed by atoms with van der Waals surface area (Å²) in [6.45, 7) is 0.691. The Bertz CT molecular complexity index is 722. The van der Waals surface area contributed by atoms with Gasteiger partial charge < -0.3 is 19.3 Å². The van der Waals surface area contributed by atoms with Crippen molar-refractivity contribution in [3.63, 3.8) is 0 Å². The topological polar surface area (TPSA) is 96.7 Å². The van der Waals surface area contributed by atoms with Gasteiger partial charge in [-0.2, -0.15) is 0 Å². The van der Waals surface area contributed by atoms with Gasteiger partial charge in [-0.25, -0.2) is 0 Å². The predicted molar refractivity (Wildman–Crippen MR) is 94.9 cm³/mol. The van der Waals surface area contributed by atoms with Crippen molar-refractivity contribution < 1.29 is 19.3 Å². The summed E-state index contributed by atoms with van der Waals surface area (Å²) < 4.78 is 17.2. The standard InChI is InChI=1S/C19H21N3O4/c20-22-21-16-13-26-19(23)18(25-12-15-9-5-2-6-10-15)17(16)24-11-14-7-3-1-4-8-14/h1-10,16-19,23H,11-13H2/t16-,17-,18-,19?/m0/s1. The Morgan fingerprint density at radius 3 is 2.04 bits per heavy atom. The number of hydrogen-bond acceptors (Lipinski definition) is 5. The fourth-order valence-corrected chi connectivity index (χ4v) is 2.85. The predicted octanol–water partition coefficient (Wildman–Crippen LogP) is 3.18. The van der Waals surface area contributed by atoms with E-state index < -0.39 is 24.5 Å². The number of nitrogens with zero attached hydrogens (tertiary/aromatic N) is 3. The zero-order valence-corrected chi connectivity index (χ0v) is 14.2. The number of rotatable bonds is 7. The maximum Gasteiger partial charge on any atom is 0.183 e. The zero-order valence-electron chi connectivity index (χ0n) is 14.2. The van der Waals surface area contributed by atoms with Gasteiger partial charge in [0.2, 0.25) is 0 Å². The third-order valence-electron chi connectivity index (χ3n) is 4.19. The van der Waals surface area contributed by atoms with E-state index >= 15 is 0 Å². The van der Waals surface area contributed by atoms with Crippen molar-refractivity contribution in [2.24, 2.45) is 5.11 Å². The van der Waals surface area contributed by atoms with Crippen molar-refractivity contribution in [2.75, 3.05) is 6.61 Å². The summed E-state index contributed by atoms with van der Waals surface area (Å²) in [5.74, 6) is 0. The van der Waals surface area contributed by atoms with Crippen LogP contribution in [0.5, 0.6) is 0 Å². The fourth-order valence-electron chi connectivity index (χ4n) is 2.85. The second kappa shape index (κ2) is 9.33. The van der Waals surface area contributed by atoms with E-state index in [1.54, 1.807) is 0 Å². The van der Waals surface area contributed by atoms with Crippen LogP contribution in [0.4, 0.5) is 0 Å². The first kappa shape index (κ1) is 18.4. The van der Waals surface area contributed by atoms with Gasteiger partial charge in [-0.3, -0.25) is 0 Å². The highest BCUT2D eigenvalue weighted by Crippen LogP contribution is 2.24. The molecule has 0 aliphatic carbocycles. The van der Waals surface area contributed by atoms with Crippen LogP contribution in [0.3, 0.4) is 0 Å². The summed E-state index contributed by atoms with van der Waals surface area (Å²) in [5, 5.41) is 14.0. The number of ether oxygens (including phenoxy) is 3. The smallest absolute Gasteiger partial charge is 0.183 e. The molecule has 26 heavy (non-hydrogen) atoms. The maximum absolute atomic E-state index is 10.2. The second-order valence-corrected chi connectivity index (χ2v) is 6.02. The third kappa shape index (κ3) is 4.82. The third-order valence-corrected chi connectivity index (χ3v) is 4.19. The van der Waals surface area contributed by atoms with Gasteiger partial charge in [0.05, 0.1) is 32.0 Å². The van der Waals surface area contributed by atoms with Crippen LogP contribution in [0.1, 0.15) is 11.1 Å². The Labute approximate surface area is 151 Å². The number of hydrogen-bond donors (Lipinski definition) is 1. The minimum absolute atomic E-state index is 0.0792. The van der Waals surface area contributed by atoms with Crippen molar-refractivity contribution in [1.82, 2.24) is 0 Å². The van der Waals surface area contributed by atoms with Crippen LogP contribution in [0.15, 0.2) is 65.8 Å². The molecule has 0 amide bonds. The molecule has 7 nitrogen and oxygen atoms in total. The van der Waals surface area contributed by atoms with E-state index in [0.29, 0.717) is 13.2 Å². The molecule has 1 aliphatic rings. The summed E-state index contributed by atoms with van der Waals surface area (Å²) in [5.41, 5.74) is 10.8. The summed E-state index contributed by atoms with van der Waals surface area (Å²) in [7, 11) is 0. The lowest BCUT2D eigenvalue weighted by Crippen LogP contribution is -2.54. The first-order valence-electron chi connectivity index (χ1n) is 8.43. The first-order chi connectivity index (χ1) is 12.8. The van der Waals surface area contributed by atoms with E-state index in [1.807, 2.05) is 60.7 Å². The Kier molecular flexibility index (Phi) is 6.60. The lowest BCUT2D eigenvalue weighted by molar-refractivity contribution is -0.254. The molecule has 0 spiro atoms. The molecule has 4 atom stereocenters. The first-order valence-corrected chi connectivity index (χ1v) is 8.43. The molecular weight excluding hydrogens is 334 g/mol. The minimum atomic E-state index is -1.15. The van der Waals surface area contributed by atoms with Gasteiger partial charge in [-0.1, -0.05) is 65.8 Å². The highest BCUT2D eigenvalue weighted by Gasteiger charge is 2.41. The van der Waals surface area contributed by atoms with Gasteiger partial charge in [-0.05, 0) is 16.7 Å². The molecule has 0 aromatic heterocycles. The Balaban J connectivity index is 1.71. The van der Waals surface area contributed by atoms with Crippen LogP contribution in [0, 0.1) is 0 Å². The molecule has 1 heterocycles. The average Bonchev–Trinajstić information content (AvgIpc) is 2.69. The van der Waals surface area contributed by atoms with Crippen LogP contribution >= 0.6 is 0 Å². The zero-order chi connectivity index (χ0) is 18.2. The molecular formula is C19H21N3O4. The second-order valence-electron chi connectivity index (χ2n) is 6.02. The largest absolute Gasteiger partial charge is 0.370 e. The van der Waals surface area contributed by atoms with E-state index in [9.17, 15) is 5.11 Å². The Morgan fingerprint density at radius 1 is 0.962 bits per heavy atom. The number of aliphatic hydroxyl groups is 1. The highest BCUT2D eigenvalue weighted by molar-refractivity contribution is 5.14. The van der Waals surface area contributed by atoms with Crippen molar-refractivity contribution in [2.45, 2.75) is 37.8 Å². The summed E-state index contributed by atoms with van der Waals surface area (Å²) in [6.07, 6.45) is -2.52. The fraction of sp³-hybridized carbons (Fsp3) is 0.368. The lowest BCUT2D eigenvalue weighted by Gasteiger charge is -2.38. The molecule has 2 aromatic rings. The molecule has 1 saturated heterocycles. The molecule has 7 heteroatoms. The number of aliphatic hydroxyl groups excluding tert-OH is 1. The monoisotopic (exact) mass is 355 g/mol. The number of benzene rings is 2. The van der Waals surface area contributed by atoms with E-state index in [0.717, 1.165) is 11.1 Å². The molecule has 3 rings (SSSR count). The van der Waals surface area contributed by atoms with Crippen molar-refractivity contribution in [3.05, 3.63) is 82.2 Å². The summed E-state index contributed by atoms with van der Waals surface area (Å²) in [6, 6.07) is 18.7. The quantitative estimate of drug-likeness (QED) is 0.468. The summed E-state index contributed by atoms with van der Waals surface area (Å²) in [4.78, 5) is 2.87. The van der Waals surface area contributed by atoms with Crippen molar-refractivity contribution in [3.8, 4) is 0 Å². The molecule has 1 fully saturated rings. The van der Waals surface area contributed by atoms with Crippen molar-refractivity contribution in [1.29, 1.82) is 0 Å². The van der Waals surface area contributed by atoms with Gasteiger partial charge in [0, 0.05) is 4.91 Å².